The van der Waals surface area contributed by atoms with E-state index in [2.05, 4.69) is 17.4 Å². The molecule has 1 aliphatic heterocycles. The molecule has 1 N–H and O–H groups in total. The minimum Gasteiger partial charge on any atom is -0.353 e. The molecule has 1 aromatic rings. The molecule has 1 saturated carbocycles. The molecule has 1 saturated heterocycles. The molecular weight excluding hydrogens is 358 g/mol. The zero-order valence-corrected chi connectivity index (χ0v) is 16.0. The molecule has 6 heteroatoms. The third-order valence-corrected chi connectivity index (χ3v) is 7.53. The van der Waals surface area contributed by atoms with E-state index in [0.717, 1.165) is 24.3 Å². The van der Waals surface area contributed by atoms with Gasteiger partial charge in [-0.2, -0.15) is 0 Å². The van der Waals surface area contributed by atoms with Crippen molar-refractivity contribution in [2.45, 2.75) is 56.9 Å². The molecule has 0 bridgehead atoms. The van der Waals surface area contributed by atoms with Crippen molar-refractivity contribution in [2.24, 2.45) is 5.92 Å². The van der Waals surface area contributed by atoms with Crippen LogP contribution in [0.25, 0.3) is 0 Å². The second-order valence-electron chi connectivity index (χ2n) is 7.34. The van der Waals surface area contributed by atoms with Crippen LogP contribution in [0.1, 0.15) is 56.4 Å². The highest BCUT2D eigenvalue weighted by Crippen LogP contribution is 2.33. The fourth-order valence-electron chi connectivity index (χ4n) is 4.04. The summed E-state index contributed by atoms with van der Waals surface area (Å²) in [5.41, 5.74) is 1.22. The van der Waals surface area contributed by atoms with Gasteiger partial charge >= 0.3 is 0 Å². The summed E-state index contributed by atoms with van der Waals surface area (Å²) in [6, 6.07) is 8.06. The van der Waals surface area contributed by atoms with Crippen molar-refractivity contribution in [3.05, 3.63) is 34.9 Å². The second-order valence-corrected chi connectivity index (χ2v) is 10.1. The van der Waals surface area contributed by atoms with Crippen LogP contribution < -0.4 is 5.32 Å². The Labute approximate surface area is 155 Å². The van der Waals surface area contributed by atoms with Gasteiger partial charge in [0.2, 0.25) is 5.91 Å². The highest BCUT2D eigenvalue weighted by molar-refractivity contribution is 7.91. The fourth-order valence-corrected chi connectivity index (χ4v) is 5.66. The number of hydrogen-bond donors (Lipinski definition) is 1. The monoisotopic (exact) mass is 383 g/mol. The summed E-state index contributed by atoms with van der Waals surface area (Å²) in [7, 11) is -2.94. The highest BCUT2D eigenvalue weighted by Gasteiger charge is 2.32. The first-order valence-corrected chi connectivity index (χ1v) is 11.4. The van der Waals surface area contributed by atoms with Gasteiger partial charge in [0.05, 0.1) is 11.5 Å². The van der Waals surface area contributed by atoms with Crippen molar-refractivity contribution in [1.29, 1.82) is 0 Å². The molecule has 1 heterocycles. The van der Waals surface area contributed by atoms with Gasteiger partial charge in [-0.25, -0.2) is 8.42 Å². The maximum atomic E-state index is 12.7. The number of rotatable bonds is 3. The SMILES string of the molecule is O=C(NC1CCCCCC1c1ccc(Cl)cc1)C1CCS(=O)(=O)CC1. The Morgan fingerprint density at radius 3 is 2.28 bits per heavy atom. The summed E-state index contributed by atoms with van der Waals surface area (Å²) < 4.78 is 23.2. The van der Waals surface area contributed by atoms with Crippen LogP contribution in [0.15, 0.2) is 24.3 Å². The van der Waals surface area contributed by atoms with Crippen LogP contribution >= 0.6 is 11.6 Å². The summed E-state index contributed by atoms with van der Waals surface area (Å²) >= 11 is 6.01. The van der Waals surface area contributed by atoms with E-state index in [1.165, 1.54) is 18.4 Å². The summed E-state index contributed by atoms with van der Waals surface area (Å²) in [4.78, 5) is 12.7. The molecule has 2 atom stereocenters. The number of carbonyl (C=O) groups excluding carboxylic acids is 1. The Morgan fingerprint density at radius 1 is 0.960 bits per heavy atom. The van der Waals surface area contributed by atoms with Crippen molar-refractivity contribution in [3.8, 4) is 0 Å². The summed E-state index contributed by atoms with van der Waals surface area (Å²) in [5, 5.41) is 3.98. The van der Waals surface area contributed by atoms with Crippen molar-refractivity contribution in [2.75, 3.05) is 11.5 Å². The van der Waals surface area contributed by atoms with E-state index < -0.39 is 9.84 Å². The number of halogens is 1. The predicted molar refractivity (Wildman–Crippen MR) is 101 cm³/mol. The van der Waals surface area contributed by atoms with Gasteiger partial charge < -0.3 is 5.32 Å². The number of hydrogen-bond acceptors (Lipinski definition) is 3. The largest absolute Gasteiger partial charge is 0.353 e. The lowest BCUT2D eigenvalue weighted by atomic mass is 9.87. The molecule has 0 spiro atoms. The summed E-state index contributed by atoms with van der Waals surface area (Å²) in [6.45, 7) is 0. The fraction of sp³-hybridized carbons (Fsp3) is 0.632. The van der Waals surface area contributed by atoms with E-state index in [-0.39, 0.29) is 29.4 Å². The Bertz CT molecular complexity index is 688. The molecule has 138 valence electrons. The molecule has 0 radical (unpaired) electrons. The lowest BCUT2D eigenvalue weighted by Gasteiger charge is -2.29. The molecule has 3 rings (SSSR count). The third kappa shape index (κ3) is 4.98. The van der Waals surface area contributed by atoms with Gasteiger partial charge in [0.15, 0.2) is 0 Å². The van der Waals surface area contributed by atoms with Crippen molar-refractivity contribution in [1.82, 2.24) is 5.32 Å². The van der Waals surface area contributed by atoms with Crippen LogP contribution in [0.5, 0.6) is 0 Å². The quantitative estimate of drug-likeness (QED) is 0.809. The molecule has 1 aliphatic carbocycles. The Hall–Kier alpha value is -1.07. The van der Waals surface area contributed by atoms with Gasteiger partial charge in [-0.05, 0) is 43.4 Å². The minimum absolute atomic E-state index is 0.0285. The predicted octanol–water partition coefficient (Wildman–Crippen LogP) is 3.70. The second kappa shape index (κ2) is 8.09. The van der Waals surface area contributed by atoms with Crippen molar-refractivity contribution in [3.63, 3.8) is 0 Å². The number of carbonyl (C=O) groups is 1. The summed E-state index contributed by atoms with van der Waals surface area (Å²) in [5.74, 6) is 0.432. The zero-order valence-electron chi connectivity index (χ0n) is 14.4. The maximum Gasteiger partial charge on any atom is 0.223 e. The highest BCUT2D eigenvalue weighted by atomic mass is 35.5. The molecule has 0 aromatic heterocycles. The third-order valence-electron chi connectivity index (χ3n) is 5.57. The molecule has 1 aromatic carbocycles. The van der Waals surface area contributed by atoms with Crippen LogP contribution in [0.3, 0.4) is 0 Å². The van der Waals surface area contributed by atoms with E-state index >= 15 is 0 Å². The van der Waals surface area contributed by atoms with Crippen LogP contribution in [0.4, 0.5) is 0 Å². The first-order valence-electron chi connectivity index (χ1n) is 9.21. The van der Waals surface area contributed by atoms with E-state index in [1.807, 2.05) is 12.1 Å². The van der Waals surface area contributed by atoms with E-state index in [0.29, 0.717) is 18.8 Å². The van der Waals surface area contributed by atoms with Crippen molar-refractivity contribution >= 4 is 27.3 Å². The normalized spacial score (nSPS) is 27.4. The Kier molecular flexibility index (Phi) is 6.05. The van der Waals surface area contributed by atoms with Gasteiger partial charge in [-0.1, -0.05) is 43.0 Å². The van der Waals surface area contributed by atoms with Crippen LogP contribution in [0, 0.1) is 5.92 Å². The molecule has 1 amide bonds. The standard InChI is InChI=1S/C19H26ClNO3S/c20-16-8-6-14(7-9-16)17-4-2-1-3-5-18(17)21-19(22)15-10-12-25(23,24)13-11-15/h6-9,15,17-18H,1-5,10-13H2,(H,21,22). The van der Waals surface area contributed by atoms with Crippen LogP contribution in [0.2, 0.25) is 5.02 Å². The van der Waals surface area contributed by atoms with Crippen LogP contribution in [-0.4, -0.2) is 31.9 Å². The molecule has 2 aliphatic rings. The maximum absolute atomic E-state index is 12.7. The number of nitrogens with one attached hydrogen (secondary N) is 1. The topological polar surface area (TPSA) is 63.2 Å². The first-order chi connectivity index (χ1) is 11.9. The average molecular weight is 384 g/mol. The number of amides is 1. The first kappa shape index (κ1) is 18.7. The Morgan fingerprint density at radius 2 is 1.60 bits per heavy atom. The van der Waals surface area contributed by atoms with Gasteiger partial charge in [0.1, 0.15) is 9.84 Å². The molecule has 2 unspecified atom stereocenters. The lowest BCUT2D eigenvalue weighted by molar-refractivity contribution is -0.126. The van der Waals surface area contributed by atoms with Gasteiger partial charge in [-0.15, -0.1) is 0 Å². The zero-order chi connectivity index (χ0) is 17.9. The van der Waals surface area contributed by atoms with Crippen LogP contribution in [-0.2, 0) is 14.6 Å². The lowest BCUT2D eigenvalue weighted by Crippen LogP contribution is -2.44. The smallest absolute Gasteiger partial charge is 0.223 e. The summed E-state index contributed by atoms with van der Waals surface area (Å²) in [6.07, 6.45) is 6.42. The van der Waals surface area contributed by atoms with E-state index in [9.17, 15) is 13.2 Å². The van der Waals surface area contributed by atoms with Gasteiger partial charge in [-0.3, -0.25) is 4.79 Å². The molecule has 25 heavy (non-hydrogen) atoms. The molecule has 2 fully saturated rings. The minimum atomic E-state index is -2.94. The van der Waals surface area contributed by atoms with Crippen molar-refractivity contribution < 1.29 is 13.2 Å². The molecular formula is C19H26ClNO3S. The Balaban J connectivity index is 1.69. The van der Waals surface area contributed by atoms with E-state index in [1.54, 1.807) is 0 Å². The number of sulfone groups is 1. The van der Waals surface area contributed by atoms with E-state index in [4.69, 9.17) is 11.6 Å². The number of benzene rings is 1. The molecule has 4 nitrogen and oxygen atoms in total. The van der Waals surface area contributed by atoms with Gasteiger partial charge in [0, 0.05) is 22.9 Å². The average Bonchev–Trinajstić information content (AvgIpc) is 2.81. The van der Waals surface area contributed by atoms with Gasteiger partial charge in [0.25, 0.3) is 0 Å².